The van der Waals surface area contributed by atoms with Gasteiger partial charge in [-0.15, -0.1) is 16.8 Å². The summed E-state index contributed by atoms with van der Waals surface area (Å²) in [5, 5.41) is 13.1. The van der Waals surface area contributed by atoms with Crippen molar-refractivity contribution in [3.8, 4) is 11.6 Å². The van der Waals surface area contributed by atoms with Gasteiger partial charge in [0.25, 0.3) is 0 Å². The predicted molar refractivity (Wildman–Crippen MR) is 124 cm³/mol. The lowest BCUT2D eigenvalue weighted by Gasteiger charge is -2.07. The average molecular weight is 516 g/mol. The first kappa shape index (κ1) is 19.7. The van der Waals surface area contributed by atoms with Gasteiger partial charge < -0.3 is 9.73 Å². The molecular formula is C21H17IN4O2S. The van der Waals surface area contributed by atoms with Gasteiger partial charge in [0, 0.05) is 21.2 Å². The van der Waals surface area contributed by atoms with Crippen LogP contribution in [0.15, 0.2) is 76.8 Å². The molecule has 0 atom stereocenters. The molecule has 2 heterocycles. The Morgan fingerprint density at radius 1 is 1.21 bits per heavy atom. The first-order valence-corrected chi connectivity index (χ1v) is 10.9. The highest BCUT2D eigenvalue weighted by Crippen LogP contribution is 2.29. The number of fused-ring (bicyclic) bond motifs is 1. The van der Waals surface area contributed by atoms with Crippen LogP contribution in [0.2, 0.25) is 0 Å². The molecule has 2 aromatic carbocycles. The minimum Gasteiger partial charge on any atom is -0.453 e. The molecule has 0 aliphatic heterocycles. The van der Waals surface area contributed by atoms with Gasteiger partial charge in [0.05, 0.1) is 5.75 Å². The summed E-state index contributed by atoms with van der Waals surface area (Å²) < 4.78 is 8.93. The summed E-state index contributed by atoms with van der Waals surface area (Å²) in [5.74, 6) is 1.37. The first-order valence-electron chi connectivity index (χ1n) is 8.85. The van der Waals surface area contributed by atoms with Crippen molar-refractivity contribution in [2.75, 3.05) is 11.1 Å². The van der Waals surface area contributed by atoms with E-state index in [1.807, 2.05) is 59.2 Å². The van der Waals surface area contributed by atoms with Gasteiger partial charge in [-0.25, -0.2) is 0 Å². The fourth-order valence-electron chi connectivity index (χ4n) is 2.82. The van der Waals surface area contributed by atoms with Crippen LogP contribution in [0.5, 0.6) is 0 Å². The van der Waals surface area contributed by atoms with Crippen LogP contribution in [0.3, 0.4) is 0 Å². The van der Waals surface area contributed by atoms with Gasteiger partial charge in [0.1, 0.15) is 5.58 Å². The van der Waals surface area contributed by atoms with E-state index in [9.17, 15) is 4.79 Å². The Bertz CT molecular complexity index is 1130. The normalized spacial score (nSPS) is 10.9. The zero-order chi connectivity index (χ0) is 20.2. The van der Waals surface area contributed by atoms with E-state index >= 15 is 0 Å². The molecule has 0 fully saturated rings. The van der Waals surface area contributed by atoms with Crippen LogP contribution in [-0.2, 0) is 11.3 Å². The van der Waals surface area contributed by atoms with Gasteiger partial charge in [-0.05, 0) is 59.0 Å². The molecule has 0 spiro atoms. The van der Waals surface area contributed by atoms with E-state index in [1.54, 1.807) is 6.08 Å². The second-order valence-electron chi connectivity index (χ2n) is 6.20. The van der Waals surface area contributed by atoms with Gasteiger partial charge in [0.15, 0.2) is 10.9 Å². The number of furan rings is 1. The van der Waals surface area contributed by atoms with E-state index in [4.69, 9.17) is 4.42 Å². The number of hydrogen-bond acceptors (Lipinski definition) is 5. The summed E-state index contributed by atoms with van der Waals surface area (Å²) in [4.78, 5) is 12.3. The highest BCUT2D eigenvalue weighted by atomic mass is 127. The van der Waals surface area contributed by atoms with Crippen LogP contribution in [0.1, 0.15) is 0 Å². The van der Waals surface area contributed by atoms with Crippen LogP contribution in [0, 0.1) is 3.57 Å². The number of carbonyl (C=O) groups is 1. The summed E-state index contributed by atoms with van der Waals surface area (Å²) in [6.45, 7) is 4.33. The topological polar surface area (TPSA) is 73.0 Å². The quantitative estimate of drug-likeness (QED) is 0.207. The summed E-state index contributed by atoms with van der Waals surface area (Å²) in [6.07, 6.45) is 1.77. The van der Waals surface area contributed by atoms with Crippen molar-refractivity contribution < 1.29 is 9.21 Å². The molecule has 6 nitrogen and oxygen atoms in total. The molecule has 4 aromatic rings. The van der Waals surface area contributed by atoms with Crippen molar-refractivity contribution in [3.63, 3.8) is 0 Å². The number of nitrogens with one attached hydrogen (secondary N) is 1. The predicted octanol–water partition coefficient (Wildman–Crippen LogP) is 5.21. The van der Waals surface area contributed by atoms with E-state index in [1.165, 1.54) is 11.8 Å². The van der Waals surface area contributed by atoms with Gasteiger partial charge in [0.2, 0.25) is 11.7 Å². The molecule has 0 saturated heterocycles. The number of hydrogen-bond donors (Lipinski definition) is 1. The SMILES string of the molecule is C=CCn1c(SCC(=O)Nc2ccc(I)cc2)nnc1-c1cc2ccccc2o1. The second kappa shape index (κ2) is 8.83. The Hall–Kier alpha value is -2.59. The van der Waals surface area contributed by atoms with Crippen molar-refractivity contribution in [1.82, 2.24) is 14.8 Å². The zero-order valence-electron chi connectivity index (χ0n) is 15.3. The maximum atomic E-state index is 12.3. The summed E-state index contributed by atoms with van der Waals surface area (Å²) in [7, 11) is 0. The smallest absolute Gasteiger partial charge is 0.234 e. The maximum absolute atomic E-state index is 12.3. The minimum atomic E-state index is -0.102. The monoisotopic (exact) mass is 516 g/mol. The third-order valence-electron chi connectivity index (χ3n) is 4.13. The standard InChI is InChI=1S/C21H17IN4O2S/c1-2-11-26-20(18-12-14-5-3-4-6-17(14)28-18)24-25-21(26)29-13-19(27)23-16-9-7-15(22)8-10-16/h2-10,12H,1,11,13H2,(H,23,27). The number of amides is 1. The molecule has 0 bridgehead atoms. The molecule has 2 aromatic heterocycles. The third-order valence-corrected chi connectivity index (χ3v) is 5.82. The van der Waals surface area contributed by atoms with Crippen LogP contribution in [0.4, 0.5) is 5.69 Å². The van der Waals surface area contributed by atoms with Crippen molar-refractivity contribution in [3.05, 3.63) is 70.8 Å². The number of rotatable bonds is 7. The van der Waals surface area contributed by atoms with Crippen molar-refractivity contribution >= 4 is 56.9 Å². The summed E-state index contributed by atoms with van der Waals surface area (Å²) in [5.41, 5.74) is 1.56. The lowest BCUT2D eigenvalue weighted by molar-refractivity contribution is -0.113. The van der Waals surface area contributed by atoms with Crippen molar-refractivity contribution in [1.29, 1.82) is 0 Å². The molecule has 29 heavy (non-hydrogen) atoms. The second-order valence-corrected chi connectivity index (χ2v) is 8.39. The number of aromatic nitrogens is 3. The Labute approximate surface area is 185 Å². The van der Waals surface area contributed by atoms with Crippen molar-refractivity contribution in [2.45, 2.75) is 11.7 Å². The number of benzene rings is 2. The van der Waals surface area contributed by atoms with E-state index in [0.717, 1.165) is 20.2 Å². The van der Waals surface area contributed by atoms with Gasteiger partial charge in [-0.1, -0.05) is 36.0 Å². The number of halogens is 1. The highest BCUT2D eigenvalue weighted by Gasteiger charge is 2.18. The highest BCUT2D eigenvalue weighted by molar-refractivity contribution is 14.1. The lowest BCUT2D eigenvalue weighted by Crippen LogP contribution is -2.14. The molecule has 0 saturated carbocycles. The molecule has 146 valence electrons. The van der Waals surface area contributed by atoms with E-state index in [2.05, 4.69) is 44.7 Å². The Balaban J connectivity index is 1.51. The molecule has 0 aliphatic carbocycles. The van der Waals surface area contributed by atoms with Crippen LogP contribution in [-0.4, -0.2) is 26.4 Å². The van der Waals surface area contributed by atoms with Crippen LogP contribution in [0.25, 0.3) is 22.6 Å². The zero-order valence-corrected chi connectivity index (χ0v) is 18.3. The van der Waals surface area contributed by atoms with Gasteiger partial charge >= 0.3 is 0 Å². The molecular weight excluding hydrogens is 499 g/mol. The number of anilines is 1. The molecule has 0 aliphatic rings. The van der Waals surface area contributed by atoms with Crippen molar-refractivity contribution in [2.24, 2.45) is 0 Å². The molecule has 1 N–H and O–H groups in total. The largest absolute Gasteiger partial charge is 0.453 e. The molecule has 8 heteroatoms. The number of allylic oxidation sites excluding steroid dienone is 1. The fourth-order valence-corrected chi connectivity index (χ4v) is 3.93. The molecule has 0 radical (unpaired) electrons. The summed E-state index contributed by atoms with van der Waals surface area (Å²) >= 11 is 3.55. The number of para-hydroxylation sites is 1. The van der Waals surface area contributed by atoms with E-state index < -0.39 is 0 Å². The van der Waals surface area contributed by atoms with Crippen LogP contribution >= 0.6 is 34.4 Å². The molecule has 4 rings (SSSR count). The Kier molecular flexibility index (Phi) is 6.00. The van der Waals surface area contributed by atoms with Crippen LogP contribution < -0.4 is 5.32 Å². The number of carbonyl (C=O) groups excluding carboxylic acids is 1. The van der Waals surface area contributed by atoms with E-state index in [0.29, 0.717) is 23.3 Å². The first-order chi connectivity index (χ1) is 14.1. The summed E-state index contributed by atoms with van der Waals surface area (Å²) in [6, 6.07) is 17.4. The average Bonchev–Trinajstić information content (AvgIpc) is 3.32. The van der Waals surface area contributed by atoms with E-state index in [-0.39, 0.29) is 11.7 Å². The number of thioether (sulfide) groups is 1. The Morgan fingerprint density at radius 2 is 2.00 bits per heavy atom. The van der Waals surface area contributed by atoms with Gasteiger partial charge in [-0.3, -0.25) is 9.36 Å². The Morgan fingerprint density at radius 3 is 2.76 bits per heavy atom. The fraction of sp³-hybridized carbons (Fsp3) is 0.0952. The lowest BCUT2D eigenvalue weighted by atomic mass is 10.2. The molecule has 0 unspecified atom stereocenters. The maximum Gasteiger partial charge on any atom is 0.234 e. The van der Waals surface area contributed by atoms with Gasteiger partial charge in [-0.2, -0.15) is 0 Å². The minimum absolute atomic E-state index is 0.102. The number of nitrogens with zero attached hydrogens (tertiary/aromatic N) is 3. The third kappa shape index (κ3) is 4.54. The molecule has 1 amide bonds.